The third kappa shape index (κ3) is 3.26. The third-order valence-corrected chi connectivity index (χ3v) is 4.86. The highest BCUT2D eigenvalue weighted by atomic mass is 35.5. The fourth-order valence-corrected chi connectivity index (χ4v) is 3.31. The molecule has 2 aliphatic rings. The molecule has 2 aliphatic heterocycles. The van der Waals surface area contributed by atoms with Gasteiger partial charge in [0, 0.05) is 50.7 Å². The molecule has 0 atom stereocenters. The van der Waals surface area contributed by atoms with Crippen LogP contribution in [0.5, 0.6) is 5.75 Å². The highest BCUT2D eigenvalue weighted by molar-refractivity contribution is 5.99. The first-order valence-corrected chi connectivity index (χ1v) is 8.42. The molecule has 2 aromatic rings. The number of aromatic nitrogens is 2. The number of amides is 1. The Morgan fingerprint density at radius 2 is 1.69 bits per heavy atom. The van der Waals surface area contributed by atoms with Crippen molar-refractivity contribution in [1.29, 1.82) is 0 Å². The van der Waals surface area contributed by atoms with E-state index in [2.05, 4.69) is 31.9 Å². The fourth-order valence-electron chi connectivity index (χ4n) is 3.31. The van der Waals surface area contributed by atoms with Gasteiger partial charge < -0.3 is 14.5 Å². The number of hydrogen-bond donors (Lipinski definition) is 0. The number of rotatable bonds is 3. The maximum atomic E-state index is 11.8. The first-order valence-electron chi connectivity index (χ1n) is 8.42. The fraction of sp³-hybridized carbons (Fsp3) is 0.389. The van der Waals surface area contributed by atoms with Gasteiger partial charge in [0.15, 0.2) is 0 Å². The average molecular weight is 376 g/mol. The van der Waals surface area contributed by atoms with Crippen LogP contribution in [-0.2, 0) is 11.2 Å². The van der Waals surface area contributed by atoms with Crippen LogP contribution in [0.2, 0.25) is 0 Å². The largest absolute Gasteiger partial charge is 0.497 e. The number of carbonyl (C=O) groups is 1. The van der Waals surface area contributed by atoms with E-state index in [1.54, 1.807) is 25.3 Å². The predicted octanol–water partition coefficient (Wildman–Crippen LogP) is 1.75. The van der Waals surface area contributed by atoms with Crippen molar-refractivity contribution < 1.29 is 9.53 Å². The second kappa shape index (κ2) is 7.37. The molecule has 1 fully saturated rings. The number of hydrogen-bond acceptors (Lipinski definition) is 6. The smallest absolute Gasteiger partial charge is 0.232 e. The Bertz CT molecular complexity index is 791. The van der Waals surface area contributed by atoms with Crippen LogP contribution in [0.4, 0.5) is 17.5 Å². The summed E-state index contributed by atoms with van der Waals surface area (Å²) in [7, 11) is 3.45. The second-order valence-corrected chi connectivity index (χ2v) is 6.32. The first kappa shape index (κ1) is 18.3. The molecule has 26 heavy (non-hydrogen) atoms. The van der Waals surface area contributed by atoms with E-state index < -0.39 is 0 Å². The summed E-state index contributed by atoms with van der Waals surface area (Å²) < 4.78 is 5.21. The molecule has 1 aromatic heterocycles. The standard InChI is InChI=1S/C18H21N5O2.ClH/c1-21-16(24)11-13-12-19-18(20-17(13)21)23-9-7-22(8-10-23)14-3-5-15(25-2)6-4-14;/h3-6,12H,7-11H2,1-2H3;1H. The molecule has 1 saturated heterocycles. The van der Waals surface area contributed by atoms with Crippen molar-refractivity contribution in [2.45, 2.75) is 6.42 Å². The summed E-state index contributed by atoms with van der Waals surface area (Å²) in [6, 6.07) is 8.14. The summed E-state index contributed by atoms with van der Waals surface area (Å²) in [5.41, 5.74) is 2.11. The minimum Gasteiger partial charge on any atom is -0.497 e. The summed E-state index contributed by atoms with van der Waals surface area (Å²) in [6.07, 6.45) is 2.19. The molecule has 1 aromatic carbocycles. The van der Waals surface area contributed by atoms with Gasteiger partial charge in [-0.25, -0.2) is 4.98 Å². The summed E-state index contributed by atoms with van der Waals surface area (Å²) in [4.78, 5) is 27.0. The van der Waals surface area contributed by atoms with Crippen molar-refractivity contribution >= 4 is 35.8 Å². The number of anilines is 3. The van der Waals surface area contributed by atoms with Gasteiger partial charge in [-0.05, 0) is 24.3 Å². The minimum atomic E-state index is 0. The lowest BCUT2D eigenvalue weighted by Crippen LogP contribution is -2.47. The molecule has 0 radical (unpaired) electrons. The van der Waals surface area contributed by atoms with Gasteiger partial charge >= 0.3 is 0 Å². The molecule has 7 nitrogen and oxygen atoms in total. The predicted molar refractivity (Wildman–Crippen MR) is 104 cm³/mol. The molecule has 8 heteroatoms. The summed E-state index contributed by atoms with van der Waals surface area (Å²) in [5, 5.41) is 0. The van der Waals surface area contributed by atoms with Gasteiger partial charge in [-0.15, -0.1) is 12.4 Å². The van der Waals surface area contributed by atoms with E-state index in [4.69, 9.17) is 4.74 Å². The van der Waals surface area contributed by atoms with E-state index in [1.807, 2.05) is 12.1 Å². The zero-order chi connectivity index (χ0) is 17.4. The van der Waals surface area contributed by atoms with E-state index in [-0.39, 0.29) is 18.3 Å². The Morgan fingerprint density at radius 1 is 1.04 bits per heavy atom. The molecule has 0 unspecified atom stereocenters. The molecule has 0 saturated carbocycles. The SMILES string of the molecule is COc1ccc(N2CCN(c3ncc4c(n3)N(C)C(=O)C4)CC2)cc1.Cl. The van der Waals surface area contributed by atoms with Crippen LogP contribution in [0.3, 0.4) is 0 Å². The summed E-state index contributed by atoms with van der Waals surface area (Å²) in [6.45, 7) is 3.51. The maximum absolute atomic E-state index is 11.8. The van der Waals surface area contributed by atoms with Crippen LogP contribution in [-0.4, -0.2) is 56.2 Å². The lowest BCUT2D eigenvalue weighted by molar-refractivity contribution is -0.117. The van der Waals surface area contributed by atoms with Crippen LogP contribution in [0.15, 0.2) is 30.5 Å². The second-order valence-electron chi connectivity index (χ2n) is 6.32. The Morgan fingerprint density at radius 3 is 2.35 bits per heavy atom. The molecule has 0 N–H and O–H groups in total. The van der Waals surface area contributed by atoms with E-state index >= 15 is 0 Å². The molecule has 1 amide bonds. The number of fused-ring (bicyclic) bond motifs is 1. The van der Waals surface area contributed by atoms with Crippen molar-refractivity contribution in [3.63, 3.8) is 0 Å². The van der Waals surface area contributed by atoms with Crippen molar-refractivity contribution in [2.24, 2.45) is 0 Å². The quantitative estimate of drug-likeness (QED) is 0.814. The number of ether oxygens (including phenoxy) is 1. The minimum absolute atomic E-state index is 0. The van der Waals surface area contributed by atoms with Gasteiger partial charge in [-0.3, -0.25) is 9.69 Å². The lowest BCUT2D eigenvalue weighted by Gasteiger charge is -2.36. The molecule has 138 valence electrons. The van der Waals surface area contributed by atoms with Crippen LogP contribution in [0, 0.1) is 0 Å². The van der Waals surface area contributed by atoms with Gasteiger partial charge in [0.25, 0.3) is 0 Å². The normalized spacial score (nSPS) is 16.4. The lowest BCUT2D eigenvalue weighted by atomic mass is 10.2. The van der Waals surface area contributed by atoms with Gasteiger partial charge in [0.05, 0.1) is 13.5 Å². The Hall–Kier alpha value is -2.54. The number of piperazine rings is 1. The zero-order valence-corrected chi connectivity index (χ0v) is 15.7. The number of methoxy groups -OCH3 is 1. The highest BCUT2D eigenvalue weighted by Crippen LogP contribution is 2.27. The van der Waals surface area contributed by atoms with Crippen molar-refractivity contribution in [2.75, 3.05) is 55.0 Å². The molecule has 0 spiro atoms. The van der Waals surface area contributed by atoms with Crippen LogP contribution in [0.25, 0.3) is 0 Å². The number of carbonyl (C=O) groups excluding carboxylic acids is 1. The molecule has 3 heterocycles. The molecule has 0 bridgehead atoms. The first-order chi connectivity index (χ1) is 12.2. The molecule has 4 rings (SSSR count). The van der Waals surface area contributed by atoms with E-state index in [0.717, 1.165) is 43.3 Å². The number of halogens is 1. The Kier molecular flexibility index (Phi) is 5.18. The van der Waals surface area contributed by atoms with Crippen molar-refractivity contribution in [3.05, 3.63) is 36.0 Å². The topological polar surface area (TPSA) is 61.8 Å². The van der Waals surface area contributed by atoms with E-state index in [1.165, 1.54) is 5.69 Å². The highest BCUT2D eigenvalue weighted by Gasteiger charge is 2.28. The van der Waals surface area contributed by atoms with Crippen molar-refractivity contribution in [3.8, 4) is 5.75 Å². The molecule has 0 aliphatic carbocycles. The van der Waals surface area contributed by atoms with Crippen molar-refractivity contribution in [1.82, 2.24) is 9.97 Å². The Labute approximate surface area is 159 Å². The van der Waals surface area contributed by atoms with Crippen LogP contribution >= 0.6 is 12.4 Å². The van der Waals surface area contributed by atoms with E-state index in [9.17, 15) is 4.79 Å². The van der Waals surface area contributed by atoms with Gasteiger partial charge in [-0.2, -0.15) is 4.98 Å². The summed E-state index contributed by atoms with van der Waals surface area (Å²) in [5.74, 6) is 2.39. The number of benzene rings is 1. The van der Waals surface area contributed by atoms with Crippen LogP contribution in [0.1, 0.15) is 5.56 Å². The molecular weight excluding hydrogens is 354 g/mol. The Balaban J connectivity index is 0.00000196. The van der Waals surface area contributed by atoms with Crippen LogP contribution < -0.4 is 19.4 Å². The zero-order valence-electron chi connectivity index (χ0n) is 14.9. The average Bonchev–Trinajstić information content (AvgIpc) is 2.95. The third-order valence-electron chi connectivity index (χ3n) is 4.86. The van der Waals surface area contributed by atoms with Gasteiger partial charge in [0.2, 0.25) is 11.9 Å². The number of nitrogens with zero attached hydrogens (tertiary/aromatic N) is 5. The number of likely N-dealkylation sites (N-methyl/N-ethyl adjacent to an activating group) is 1. The maximum Gasteiger partial charge on any atom is 0.232 e. The van der Waals surface area contributed by atoms with E-state index in [0.29, 0.717) is 12.4 Å². The van der Waals surface area contributed by atoms with Gasteiger partial charge in [-0.1, -0.05) is 0 Å². The summed E-state index contributed by atoms with van der Waals surface area (Å²) >= 11 is 0. The monoisotopic (exact) mass is 375 g/mol. The van der Waals surface area contributed by atoms with Gasteiger partial charge in [0.1, 0.15) is 11.6 Å². The molecular formula is C18H22ClN5O2.